The van der Waals surface area contributed by atoms with E-state index in [-0.39, 0.29) is 12.3 Å². The highest BCUT2D eigenvalue weighted by Crippen LogP contribution is 2.18. The van der Waals surface area contributed by atoms with Gasteiger partial charge in [0.15, 0.2) is 5.82 Å². The van der Waals surface area contributed by atoms with Crippen LogP contribution < -0.4 is 10.1 Å². The van der Waals surface area contributed by atoms with E-state index in [1.165, 1.54) is 0 Å². The molecule has 0 bridgehead atoms. The van der Waals surface area contributed by atoms with Crippen LogP contribution in [0.1, 0.15) is 29.7 Å². The number of nitrogens with zero attached hydrogens (tertiary/aromatic N) is 4. The van der Waals surface area contributed by atoms with Crippen molar-refractivity contribution < 1.29 is 9.53 Å². The number of amides is 1. The van der Waals surface area contributed by atoms with Gasteiger partial charge in [-0.15, -0.1) is 5.10 Å². The Morgan fingerprint density at radius 1 is 1.28 bits per heavy atom. The van der Waals surface area contributed by atoms with E-state index < -0.39 is 0 Å². The smallest absolute Gasteiger partial charge is 0.252 e. The number of carbonyl (C=O) groups is 1. The topological polar surface area (TPSA) is 81.4 Å². The van der Waals surface area contributed by atoms with Gasteiger partial charge in [-0.3, -0.25) is 4.79 Å². The lowest BCUT2D eigenvalue weighted by atomic mass is 10.1. The van der Waals surface area contributed by atoms with Crippen molar-refractivity contribution >= 4 is 17.4 Å². The molecular weight excluding hydrogens is 318 g/mol. The molecule has 130 valence electrons. The van der Waals surface area contributed by atoms with Crippen LogP contribution in [0.2, 0.25) is 0 Å². The number of carbonyl (C=O) groups excluding carboxylic acids is 1. The third-order valence-electron chi connectivity index (χ3n) is 4.10. The molecule has 3 aromatic rings. The third kappa shape index (κ3) is 3.45. The van der Waals surface area contributed by atoms with Crippen molar-refractivity contribution in [2.24, 2.45) is 0 Å². The van der Waals surface area contributed by atoms with E-state index in [2.05, 4.69) is 20.4 Å². The maximum Gasteiger partial charge on any atom is 0.252 e. The fourth-order valence-electron chi connectivity index (χ4n) is 2.72. The number of aromatic nitrogens is 4. The fraction of sp³-hybridized carbons (Fsp3) is 0.333. The van der Waals surface area contributed by atoms with E-state index in [0.29, 0.717) is 17.2 Å². The Morgan fingerprint density at radius 3 is 2.80 bits per heavy atom. The number of hydrogen-bond donors (Lipinski definition) is 1. The van der Waals surface area contributed by atoms with Gasteiger partial charge in [0.05, 0.1) is 13.5 Å². The molecule has 1 aromatic carbocycles. The molecule has 0 saturated heterocycles. The van der Waals surface area contributed by atoms with E-state index in [1.54, 1.807) is 17.7 Å². The summed E-state index contributed by atoms with van der Waals surface area (Å²) in [5.74, 6) is 1.90. The lowest BCUT2D eigenvalue weighted by Crippen LogP contribution is -2.17. The Bertz CT molecular complexity index is 933. The van der Waals surface area contributed by atoms with Gasteiger partial charge in [-0.1, -0.05) is 13.0 Å². The average molecular weight is 339 g/mol. The maximum absolute atomic E-state index is 12.5. The summed E-state index contributed by atoms with van der Waals surface area (Å²) in [5, 5.41) is 7.33. The fourth-order valence-corrected chi connectivity index (χ4v) is 2.72. The van der Waals surface area contributed by atoms with Crippen LogP contribution in [0.4, 0.5) is 5.69 Å². The van der Waals surface area contributed by atoms with E-state index in [9.17, 15) is 4.79 Å². The van der Waals surface area contributed by atoms with E-state index in [1.807, 2.05) is 39.0 Å². The van der Waals surface area contributed by atoms with Gasteiger partial charge >= 0.3 is 0 Å². The Kier molecular flexibility index (Phi) is 4.65. The van der Waals surface area contributed by atoms with Crippen LogP contribution in [-0.2, 0) is 17.6 Å². The molecule has 1 amide bonds. The Labute approximate surface area is 146 Å². The minimum Gasteiger partial charge on any atom is -0.497 e. The maximum atomic E-state index is 12.5. The van der Waals surface area contributed by atoms with E-state index >= 15 is 0 Å². The van der Waals surface area contributed by atoms with Gasteiger partial charge < -0.3 is 10.1 Å². The molecule has 2 aromatic heterocycles. The van der Waals surface area contributed by atoms with Crippen molar-refractivity contribution in [1.82, 2.24) is 19.6 Å². The van der Waals surface area contributed by atoms with Crippen LogP contribution in [0.5, 0.6) is 5.75 Å². The third-order valence-corrected chi connectivity index (χ3v) is 4.10. The van der Waals surface area contributed by atoms with Crippen molar-refractivity contribution in [2.45, 2.75) is 33.6 Å². The molecule has 3 rings (SSSR count). The van der Waals surface area contributed by atoms with Crippen molar-refractivity contribution in [2.75, 3.05) is 12.4 Å². The summed E-state index contributed by atoms with van der Waals surface area (Å²) in [6.45, 7) is 5.82. The summed E-state index contributed by atoms with van der Waals surface area (Å²) in [5.41, 5.74) is 3.24. The zero-order valence-corrected chi connectivity index (χ0v) is 14.8. The molecule has 1 N–H and O–H groups in total. The normalized spacial score (nSPS) is 10.9. The Morgan fingerprint density at radius 2 is 2.08 bits per heavy atom. The zero-order valence-electron chi connectivity index (χ0n) is 14.8. The highest BCUT2D eigenvalue weighted by molar-refractivity contribution is 5.92. The number of fused-ring (bicyclic) bond motifs is 1. The number of ether oxygens (including phenoxy) is 1. The standard InChI is InChI=1S/C18H21N5O2/c1-5-16-21-18-19-11(2)15(12(3)23(18)22-16)10-17(24)20-13-7-6-8-14(9-13)25-4/h6-9H,5,10H2,1-4H3,(H,20,24). The van der Waals surface area contributed by atoms with Gasteiger partial charge in [0.25, 0.3) is 5.78 Å². The van der Waals surface area contributed by atoms with Crippen LogP contribution in [-0.4, -0.2) is 32.6 Å². The minimum atomic E-state index is -0.114. The van der Waals surface area contributed by atoms with Crippen LogP contribution in [0, 0.1) is 13.8 Å². The molecule has 25 heavy (non-hydrogen) atoms. The quantitative estimate of drug-likeness (QED) is 0.772. The number of methoxy groups -OCH3 is 1. The summed E-state index contributed by atoms with van der Waals surface area (Å²) < 4.78 is 6.88. The predicted octanol–water partition coefficient (Wildman–Crippen LogP) is 2.49. The molecule has 0 fully saturated rings. The highest BCUT2D eigenvalue weighted by atomic mass is 16.5. The van der Waals surface area contributed by atoms with Gasteiger partial charge in [0.2, 0.25) is 5.91 Å². The van der Waals surface area contributed by atoms with Crippen LogP contribution in [0.15, 0.2) is 24.3 Å². The average Bonchev–Trinajstić information content (AvgIpc) is 3.02. The lowest BCUT2D eigenvalue weighted by molar-refractivity contribution is -0.115. The van der Waals surface area contributed by atoms with Crippen molar-refractivity contribution in [3.63, 3.8) is 0 Å². The first-order valence-electron chi connectivity index (χ1n) is 8.17. The molecule has 0 aliphatic rings. The highest BCUT2D eigenvalue weighted by Gasteiger charge is 2.16. The first kappa shape index (κ1) is 16.9. The first-order valence-corrected chi connectivity index (χ1v) is 8.17. The van der Waals surface area contributed by atoms with Gasteiger partial charge in [0, 0.05) is 35.1 Å². The van der Waals surface area contributed by atoms with Gasteiger partial charge in [-0.25, -0.2) is 9.50 Å². The van der Waals surface area contributed by atoms with E-state index in [0.717, 1.165) is 29.2 Å². The van der Waals surface area contributed by atoms with Gasteiger partial charge in [0.1, 0.15) is 5.75 Å². The molecule has 0 aliphatic heterocycles. The number of nitrogens with one attached hydrogen (secondary N) is 1. The Hall–Kier alpha value is -2.96. The second kappa shape index (κ2) is 6.88. The van der Waals surface area contributed by atoms with Gasteiger partial charge in [-0.2, -0.15) is 4.98 Å². The van der Waals surface area contributed by atoms with Crippen molar-refractivity contribution in [3.8, 4) is 5.75 Å². The second-order valence-corrected chi connectivity index (χ2v) is 5.81. The summed E-state index contributed by atoms with van der Waals surface area (Å²) in [7, 11) is 1.59. The van der Waals surface area contributed by atoms with Crippen molar-refractivity contribution in [3.05, 3.63) is 47.0 Å². The number of benzene rings is 1. The molecule has 0 aliphatic carbocycles. The molecule has 0 saturated carbocycles. The number of hydrogen-bond acceptors (Lipinski definition) is 5. The van der Waals surface area contributed by atoms with E-state index in [4.69, 9.17) is 4.74 Å². The number of anilines is 1. The largest absolute Gasteiger partial charge is 0.497 e. The monoisotopic (exact) mass is 339 g/mol. The number of rotatable bonds is 5. The van der Waals surface area contributed by atoms with Crippen LogP contribution in [0.3, 0.4) is 0 Å². The number of aryl methyl sites for hydroxylation is 3. The summed E-state index contributed by atoms with van der Waals surface area (Å²) in [6, 6.07) is 7.27. The minimum absolute atomic E-state index is 0.114. The molecule has 0 spiro atoms. The molecular formula is C18H21N5O2. The molecule has 7 heteroatoms. The first-order chi connectivity index (χ1) is 12.0. The zero-order chi connectivity index (χ0) is 18.0. The predicted molar refractivity (Wildman–Crippen MR) is 95.0 cm³/mol. The molecule has 2 heterocycles. The van der Waals surface area contributed by atoms with Crippen LogP contribution in [0.25, 0.3) is 5.78 Å². The lowest BCUT2D eigenvalue weighted by Gasteiger charge is -2.11. The van der Waals surface area contributed by atoms with Crippen molar-refractivity contribution in [1.29, 1.82) is 0 Å². The molecule has 0 unspecified atom stereocenters. The second-order valence-electron chi connectivity index (χ2n) is 5.81. The van der Waals surface area contributed by atoms with Gasteiger partial charge in [-0.05, 0) is 26.0 Å². The summed E-state index contributed by atoms with van der Waals surface area (Å²) in [4.78, 5) is 21.3. The molecule has 7 nitrogen and oxygen atoms in total. The Balaban J connectivity index is 1.85. The molecule has 0 radical (unpaired) electrons. The summed E-state index contributed by atoms with van der Waals surface area (Å²) >= 11 is 0. The summed E-state index contributed by atoms with van der Waals surface area (Å²) in [6.07, 6.45) is 0.965. The SMILES string of the molecule is CCc1nc2nc(C)c(CC(=O)Nc3cccc(OC)c3)c(C)n2n1. The molecule has 0 atom stereocenters. The van der Waals surface area contributed by atoms with Crippen LogP contribution >= 0.6 is 0 Å².